The number of methoxy groups -OCH3 is 1. The van der Waals surface area contributed by atoms with Crippen LogP contribution in [0.15, 0.2) is 48.5 Å². The molecule has 29 heavy (non-hydrogen) atoms. The highest BCUT2D eigenvalue weighted by molar-refractivity contribution is 5.98. The number of nitrogens with zero attached hydrogens (tertiary/aromatic N) is 2. The summed E-state index contributed by atoms with van der Waals surface area (Å²) in [6.07, 6.45) is 0.926. The highest BCUT2D eigenvalue weighted by Crippen LogP contribution is 2.52. The van der Waals surface area contributed by atoms with Gasteiger partial charge >= 0.3 is 0 Å². The molecule has 6 heteroatoms. The highest BCUT2D eigenvalue weighted by Gasteiger charge is 2.65. The van der Waals surface area contributed by atoms with Crippen LogP contribution in [-0.4, -0.2) is 53.6 Å². The second-order valence-electron chi connectivity index (χ2n) is 7.97. The Labute approximate surface area is 170 Å². The minimum atomic E-state index is -0.718. The Morgan fingerprint density at radius 2 is 1.97 bits per heavy atom. The first-order valence-electron chi connectivity index (χ1n) is 10.0. The van der Waals surface area contributed by atoms with E-state index in [1.807, 2.05) is 59.2 Å². The second-order valence-corrected chi connectivity index (χ2v) is 7.97. The molecule has 3 heterocycles. The fourth-order valence-corrected chi connectivity index (χ4v) is 5.26. The molecule has 0 saturated carbocycles. The van der Waals surface area contributed by atoms with Crippen LogP contribution in [-0.2, 0) is 9.53 Å². The third-order valence-corrected chi connectivity index (χ3v) is 6.55. The highest BCUT2D eigenvalue weighted by atomic mass is 16.5. The largest absolute Gasteiger partial charge is 0.496 e. The number of likely N-dealkylation sites (tertiary alicyclic amines) is 1. The van der Waals surface area contributed by atoms with Crippen LogP contribution in [0.5, 0.6) is 5.75 Å². The maximum atomic E-state index is 13.4. The third kappa shape index (κ3) is 2.52. The lowest BCUT2D eigenvalue weighted by molar-refractivity contribution is -0.138. The Morgan fingerprint density at radius 1 is 1.17 bits per heavy atom. The quantitative estimate of drug-likeness (QED) is 0.806. The van der Waals surface area contributed by atoms with Gasteiger partial charge in [0.25, 0.3) is 5.91 Å². The van der Waals surface area contributed by atoms with Crippen molar-refractivity contribution in [2.45, 2.75) is 37.6 Å². The molecule has 2 aromatic carbocycles. The van der Waals surface area contributed by atoms with Crippen LogP contribution in [0.2, 0.25) is 0 Å². The van der Waals surface area contributed by atoms with Gasteiger partial charge in [-0.3, -0.25) is 9.59 Å². The first-order chi connectivity index (χ1) is 14.1. The molecule has 5 rings (SSSR count). The molecule has 0 aromatic heterocycles. The SMILES string of the molecule is COc1c(C)cccc1C(=O)N1CC[C@@]23OC[C@@H](c4ccccc4)N2C(=O)C[C@@H]13. The van der Waals surface area contributed by atoms with Gasteiger partial charge in [0.1, 0.15) is 5.75 Å². The molecule has 6 nitrogen and oxygen atoms in total. The van der Waals surface area contributed by atoms with E-state index in [1.165, 1.54) is 0 Å². The van der Waals surface area contributed by atoms with Gasteiger partial charge in [0, 0.05) is 13.0 Å². The number of rotatable bonds is 3. The Bertz CT molecular complexity index is 976. The van der Waals surface area contributed by atoms with Crippen molar-refractivity contribution in [2.75, 3.05) is 20.3 Å². The predicted molar refractivity (Wildman–Crippen MR) is 107 cm³/mol. The summed E-state index contributed by atoms with van der Waals surface area (Å²) in [4.78, 5) is 30.1. The van der Waals surface area contributed by atoms with Gasteiger partial charge < -0.3 is 19.3 Å². The summed E-state index contributed by atoms with van der Waals surface area (Å²) in [7, 11) is 1.58. The van der Waals surface area contributed by atoms with Gasteiger partial charge in [0.15, 0.2) is 5.72 Å². The molecule has 0 N–H and O–H groups in total. The number of hydrogen-bond donors (Lipinski definition) is 0. The lowest BCUT2D eigenvalue weighted by Gasteiger charge is -2.33. The number of ether oxygens (including phenoxy) is 2. The molecule has 3 saturated heterocycles. The molecule has 3 fully saturated rings. The molecule has 0 radical (unpaired) electrons. The van der Waals surface area contributed by atoms with E-state index in [-0.39, 0.29) is 23.9 Å². The topological polar surface area (TPSA) is 59.1 Å². The average Bonchev–Trinajstić information content (AvgIpc) is 3.37. The predicted octanol–water partition coefficient (Wildman–Crippen LogP) is 2.92. The Balaban J connectivity index is 1.48. The van der Waals surface area contributed by atoms with Crippen molar-refractivity contribution in [3.05, 3.63) is 65.2 Å². The zero-order valence-corrected chi connectivity index (χ0v) is 16.6. The van der Waals surface area contributed by atoms with Crippen LogP contribution < -0.4 is 4.74 Å². The molecule has 2 aromatic rings. The molecule has 3 aliphatic heterocycles. The fourth-order valence-electron chi connectivity index (χ4n) is 5.26. The lowest BCUT2D eigenvalue weighted by Crippen LogP contribution is -2.49. The number of aryl methyl sites for hydroxylation is 1. The van der Waals surface area contributed by atoms with Gasteiger partial charge in [0.05, 0.1) is 37.8 Å². The van der Waals surface area contributed by atoms with Gasteiger partial charge in [-0.2, -0.15) is 0 Å². The van der Waals surface area contributed by atoms with E-state index in [2.05, 4.69) is 0 Å². The number of hydrogen-bond acceptors (Lipinski definition) is 4. The van der Waals surface area contributed by atoms with Crippen molar-refractivity contribution >= 4 is 11.8 Å². The normalized spacial score (nSPS) is 27.9. The van der Waals surface area contributed by atoms with E-state index in [1.54, 1.807) is 13.2 Å². The lowest BCUT2D eigenvalue weighted by atomic mass is 10.0. The standard InChI is InChI=1S/C23H24N2O4/c1-15-7-6-10-17(21(15)28-2)22(27)24-12-11-23-19(24)13-20(26)25(23)18(14-29-23)16-8-4-3-5-9-16/h3-10,18-19H,11-14H2,1-2H3/t18-,19+,23-/m0/s1. The van der Waals surface area contributed by atoms with Crippen molar-refractivity contribution in [1.82, 2.24) is 9.80 Å². The minimum absolute atomic E-state index is 0.0510. The molecule has 0 unspecified atom stereocenters. The number of amides is 2. The van der Waals surface area contributed by atoms with Crippen molar-refractivity contribution in [2.24, 2.45) is 0 Å². The minimum Gasteiger partial charge on any atom is -0.496 e. The van der Waals surface area contributed by atoms with E-state index in [9.17, 15) is 9.59 Å². The third-order valence-electron chi connectivity index (χ3n) is 6.55. The summed E-state index contributed by atoms with van der Waals surface area (Å²) in [6, 6.07) is 15.2. The Morgan fingerprint density at radius 3 is 2.72 bits per heavy atom. The summed E-state index contributed by atoms with van der Waals surface area (Å²) in [5, 5.41) is 0. The molecule has 1 spiro atoms. The van der Waals surface area contributed by atoms with Crippen molar-refractivity contribution < 1.29 is 19.1 Å². The molecule has 150 valence electrons. The van der Waals surface area contributed by atoms with E-state index in [4.69, 9.17) is 9.47 Å². The van der Waals surface area contributed by atoms with Crippen LogP contribution in [0.4, 0.5) is 0 Å². The van der Waals surface area contributed by atoms with Crippen LogP contribution >= 0.6 is 0 Å². The fraction of sp³-hybridized carbons (Fsp3) is 0.391. The number of para-hydroxylation sites is 1. The molecular weight excluding hydrogens is 368 g/mol. The van der Waals surface area contributed by atoms with Crippen molar-refractivity contribution in [3.8, 4) is 5.75 Å². The molecule has 0 aliphatic carbocycles. The van der Waals surface area contributed by atoms with Gasteiger partial charge in [-0.15, -0.1) is 0 Å². The first kappa shape index (κ1) is 18.2. The summed E-state index contributed by atoms with van der Waals surface area (Å²) >= 11 is 0. The van der Waals surface area contributed by atoms with Crippen LogP contribution in [0.1, 0.15) is 40.4 Å². The van der Waals surface area contributed by atoms with E-state index in [0.29, 0.717) is 37.3 Å². The molecule has 2 amide bonds. The maximum Gasteiger partial charge on any atom is 0.258 e. The van der Waals surface area contributed by atoms with Gasteiger partial charge in [-0.25, -0.2) is 0 Å². The summed E-state index contributed by atoms with van der Waals surface area (Å²) in [5.41, 5.74) is 1.80. The summed E-state index contributed by atoms with van der Waals surface area (Å²) in [5.74, 6) is 0.540. The molecular formula is C23H24N2O4. The van der Waals surface area contributed by atoms with Crippen LogP contribution in [0.25, 0.3) is 0 Å². The maximum absolute atomic E-state index is 13.4. The van der Waals surface area contributed by atoms with Crippen molar-refractivity contribution in [3.63, 3.8) is 0 Å². The zero-order valence-electron chi connectivity index (χ0n) is 16.6. The van der Waals surface area contributed by atoms with E-state index >= 15 is 0 Å². The second kappa shape index (κ2) is 6.59. The van der Waals surface area contributed by atoms with Gasteiger partial charge in [-0.05, 0) is 24.1 Å². The average molecular weight is 392 g/mol. The number of carbonyl (C=O) groups is 2. The molecule has 0 bridgehead atoms. The number of carbonyl (C=O) groups excluding carboxylic acids is 2. The van der Waals surface area contributed by atoms with Gasteiger partial charge in [-0.1, -0.05) is 42.5 Å². The zero-order chi connectivity index (χ0) is 20.2. The number of benzene rings is 2. The summed E-state index contributed by atoms with van der Waals surface area (Å²) < 4.78 is 11.8. The summed E-state index contributed by atoms with van der Waals surface area (Å²) in [6.45, 7) is 2.94. The van der Waals surface area contributed by atoms with E-state index < -0.39 is 5.72 Å². The van der Waals surface area contributed by atoms with Crippen LogP contribution in [0, 0.1) is 6.92 Å². The van der Waals surface area contributed by atoms with Crippen LogP contribution in [0.3, 0.4) is 0 Å². The van der Waals surface area contributed by atoms with E-state index in [0.717, 1.165) is 11.1 Å². The smallest absolute Gasteiger partial charge is 0.258 e. The monoisotopic (exact) mass is 392 g/mol. The molecule has 3 atom stereocenters. The first-order valence-corrected chi connectivity index (χ1v) is 10.0. The van der Waals surface area contributed by atoms with Crippen molar-refractivity contribution in [1.29, 1.82) is 0 Å². The molecule has 3 aliphatic rings. The Hall–Kier alpha value is -2.86. The Kier molecular flexibility index (Phi) is 4.13. The van der Waals surface area contributed by atoms with Gasteiger partial charge in [0.2, 0.25) is 5.91 Å².